The second-order valence-corrected chi connectivity index (χ2v) is 6.11. The normalized spacial score (nSPS) is 17.3. The van der Waals surface area contributed by atoms with E-state index < -0.39 is 6.04 Å². The van der Waals surface area contributed by atoms with E-state index in [4.69, 9.17) is 27.9 Å². The van der Waals surface area contributed by atoms with Crippen molar-refractivity contribution in [1.29, 1.82) is 0 Å². The van der Waals surface area contributed by atoms with Crippen molar-refractivity contribution in [2.75, 3.05) is 17.3 Å². The summed E-state index contributed by atoms with van der Waals surface area (Å²) < 4.78 is 5.15. The van der Waals surface area contributed by atoms with E-state index in [2.05, 4.69) is 5.32 Å². The number of imide groups is 1. The molecule has 1 heterocycles. The fourth-order valence-corrected chi connectivity index (χ4v) is 2.85. The van der Waals surface area contributed by atoms with Crippen molar-refractivity contribution in [2.24, 2.45) is 0 Å². The first-order valence-corrected chi connectivity index (χ1v) is 7.97. The number of nitrogens with one attached hydrogen (secondary N) is 1. The Balaban J connectivity index is 1.82. The van der Waals surface area contributed by atoms with Crippen LogP contribution in [0.15, 0.2) is 42.5 Å². The van der Waals surface area contributed by atoms with Crippen molar-refractivity contribution >= 4 is 46.4 Å². The summed E-state index contributed by atoms with van der Waals surface area (Å²) >= 11 is 11.9. The molecule has 0 bridgehead atoms. The van der Waals surface area contributed by atoms with Crippen molar-refractivity contribution in [3.63, 3.8) is 0 Å². The number of rotatable bonds is 4. The molecule has 0 aliphatic carbocycles. The maximum absolute atomic E-state index is 12.6. The third kappa shape index (κ3) is 3.18. The van der Waals surface area contributed by atoms with Crippen LogP contribution in [-0.2, 0) is 9.59 Å². The Labute approximate surface area is 149 Å². The SMILES string of the molecule is COc1cccc(NC2CC(=O)N(c3ccc(Cl)c(Cl)c3)C2=O)c1. The van der Waals surface area contributed by atoms with Crippen LogP contribution in [0, 0.1) is 0 Å². The Hall–Kier alpha value is -2.24. The molecule has 124 valence electrons. The van der Waals surface area contributed by atoms with Crippen molar-refractivity contribution in [3.8, 4) is 5.75 Å². The molecule has 1 fully saturated rings. The van der Waals surface area contributed by atoms with Gasteiger partial charge in [-0.15, -0.1) is 0 Å². The summed E-state index contributed by atoms with van der Waals surface area (Å²) in [5.74, 6) is 0.0399. The van der Waals surface area contributed by atoms with Crippen LogP contribution in [0.3, 0.4) is 0 Å². The number of hydrogen-bond acceptors (Lipinski definition) is 4. The third-order valence-corrected chi connectivity index (χ3v) is 4.46. The molecule has 3 rings (SSSR count). The largest absolute Gasteiger partial charge is 0.497 e. The third-order valence-electron chi connectivity index (χ3n) is 3.72. The van der Waals surface area contributed by atoms with E-state index in [9.17, 15) is 9.59 Å². The van der Waals surface area contributed by atoms with Gasteiger partial charge in [0, 0.05) is 11.8 Å². The molecule has 1 saturated heterocycles. The molecule has 1 aliphatic rings. The average molecular weight is 365 g/mol. The Morgan fingerprint density at radius 1 is 1.12 bits per heavy atom. The molecule has 0 aromatic heterocycles. The lowest BCUT2D eigenvalue weighted by atomic mass is 10.2. The Morgan fingerprint density at radius 3 is 2.62 bits per heavy atom. The molecule has 1 atom stereocenters. The number of halogens is 2. The Kier molecular flexibility index (Phi) is 4.64. The summed E-state index contributed by atoms with van der Waals surface area (Å²) in [7, 11) is 1.56. The van der Waals surface area contributed by atoms with Gasteiger partial charge in [-0.3, -0.25) is 9.59 Å². The van der Waals surface area contributed by atoms with E-state index >= 15 is 0 Å². The summed E-state index contributed by atoms with van der Waals surface area (Å²) in [6, 6.07) is 11.2. The van der Waals surface area contributed by atoms with Crippen LogP contribution in [0.25, 0.3) is 0 Å². The van der Waals surface area contributed by atoms with Gasteiger partial charge in [-0.05, 0) is 30.3 Å². The number of ether oxygens (including phenoxy) is 1. The van der Waals surface area contributed by atoms with E-state index in [0.717, 1.165) is 4.90 Å². The van der Waals surface area contributed by atoms with Gasteiger partial charge >= 0.3 is 0 Å². The zero-order valence-electron chi connectivity index (χ0n) is 12.8. The quantitative estimate of drug-likeness (QED) is 0.839. The average Bonchev–Trinajstić information content (AvgIpc) is 2.84. The van der Waals surface area contributed by atoms with Crippen LogP contribution in [0.5, 0.6) is 5.75 Å². The molecule has 5 nitrogen and oxygen atoms in total. The van der Waals surface area contributed by atoms with Crippen LogP contribution in [0.2, 0.25) is 10.0 Å². The number of hydrogen-bond donors (Lipinski definition) is 1. The van der Waals surface area contributed by atoms with Gasteiger partial charge in [0.1, 0.15) is 11.8 Å². The topological polar surface area (TPSA) is 58.6 Å². The predicted molar refractivity (Wildman–Crippen MR) is 94.0 cm³/mol. The minimum atomic E-state index is -0.640. The van der Waals surface area contributed by atoms with Crippen molar-refractivity contribution in [2.45, 2.75) is 12.5 Å². The molecule has 2 aromatic carbocycles. The summed E-state index contributed by atoms with van der Waals surface area (Å²) in [5, 5.41) is 3.73. The predicted octanol–water partition coefficient (Wildman–Crippen LogP) is 3.75. The Morgan fingerprint density at radius 2 is 1.92 bits per heavy atom. The lowest BCUT2D eigenvalue weighted by Crippen LogP contribution is -2.34. The molecular weight excluding hydrogens is 351 g/mol. The first-order chi connectivity index (χ1) is 11.5. The molecule has 2 aromatic rings. The lowest BCUT2D eigenvalue weighted by molar-refractivity contribution is -0.121. The first kappa shape index (κ1) is 16.6. The van der Waals surface area contributed by atoms with Gasteiger partial charge in [-0.1, -0.05) is 29.3 Å². The highest BCUT2D eigenvalue weighted by Crippen LogP contribution is 2.31. The fraction of sp³-hybridized carbons (Fsp3) is 0.176. The van der Waals surface area contributed by atoms with Crippen LogP contribution >= 0.6 is 23.2 Å². The second-order valence-electron chi connectivity index (χ2n) is 5.30. The van der Waals surface area contributed by atoms with Gasteiger partial charge in [-0.2, -0.15) is 0 Å². The summed E-state index contributed by atoms with van der Waals surface area (Å²) in [6.07, 6.45) is 0.0658. The molecule has 7 heteroatoms. The first-order valence-electron chi connectivity index (χ1n) is 7.22. The Bertz CT molecular complexity index is 810. The highest BCUT2D eigenvalue weighted by Gasteiger charge is 2.39. The van der Waals surface area contributed by atoms with E-state index in [1.54, 1.807) is 37.4 Å². The van der Waals surface area contributed by atoms with Gasteiger partial charge in [-0.25, -0.2) is 4.90 Å². The van der Waals surface area contributed by atoms with Gasteiger partial charge in [0.25, 0.3) is 5.91 Å². The van der Waals surface area contributed by atoms with Crippen molar-refractivity contribution in [3.05, 3.63) is 52.5 Å². The molecule has 1 unspecified atom stereocenters. The number of nitrogens with zero attached hydrogens (tertiary/aromatic N) is 1. The number of benzene rings is 2. The molecule has 0 saturated carbocycles. The van der Waals surface area contributed by atoms with Gasteiger partial charge < -0.3 is 10.1 Å². The molecule has 0 radical (unpaired) electrons. The number of methoxy groups -OCH3 is 1. The van der Waals surface area contributed by atoms with E-state index in [1.165, 1.54) is 6.07 Å². The minimum absolute atomic E-state index is 0.0658. The summed E-state index contributed by atoms with van der Waals surface area (Å²) in [6.45, 7) is 0. The molecule has 1 N–H and O–H groups in total. The number of anilines is 2. The molecule has 2 amide bonds. The van der Waals surface area contributed by atoms with E-state index in [1.807, 2.05) is 6.07 Å². The second kappa shape index (κ2) is 6.71. The zero-order valence-corrected chi connectivity index (χ0v) is 14.3. The smallest absolute Gasteiger partial charge is 0.256 e. The lowest BCUT2D eigenvalue weighted by Gasteiger charge is -2.17. The van der Waals surface area contributed by atoms with Crippen LogP contribution in [0.1, 0.15) is 6.42 Å². The molecule has 0 spiro atoms. The maximum Gasteiger partial charge on any atom is 0.256 e. The molecule has 1 aliphatic heterocycles. The van der Waals surface area contributed by atoms with Gasteiger partial charge in [0.2, 0.25) is 5.91 Å². The number of carbonyl (C=O) groups excluding carboxylic acids is 2. The van der Waals surface area contributed by atoms with Crippen LogP contribution < -0.4 is 15.0 Å². The van der Waals surface area contributed by atoms with Crippen molar-refractivity contribution < 1.29 is 14.3 Å². The van der Waals surface area contributed by atoms with E-state index in [-0.39, 0.29) is 18.2 Å². The highest BCUT2D eigenvalue weighted by molar-refractivity contribution is 6.42. The van der Waals surface area contributed by atoms with Crippen molar-refractivity contribution in [1.82, 2.24) is 0 Å². The summed E-state index contributed by atoms with van der Waals surface area (Å²) in [4.78, 5) is 26.0. The molecule has 24 heavy (non-hydrogen) atoms. The number of carbonyl (C=O) groups is 2. The summed E-state index contributed by atoms with van der Waals surface area (Å²) in [5.41, 5.74) is 1.12. The van der Waals surface area contributed by atoms with Gasteiger partial charge in [0.15, 0.2) is 0 Å². The maximum atomic E-state index is 12.6. The molecular formula is C17H14Cl2N2O3. The van der Waals surface area contributed by atoms with E-state index in [0.29, 0.717) is 27.2 Å². The monoisotopic (exact) mass is 364 g/mol. The number of amides is 2. The minimum Gasteiger partial charge on any atom is -0.497 e. The highest BCUT2D eigenvalue weighted by atomic mass is 35.5. The zero-order chi connectivity index (χ0) is 17.3. The standard InChI is InChI=1S/C17H14Cl2N2O3/c1-24-12-4-2-3-10(7-12)20-15-9-16(22)21(17(15)23)11-5-6-13(18)14(19)8-11/h2-8,15,20H,9H2,1H3. The fourth-order valence-electron chi connectivity index (χ4n) is 2.55. The van der Waals surface area contributed by atoms with Crippen LogP contribution in [-0.4, -0.2) is 25.0 Å². The van der Waals surface area contributed by atoms with Crippen LogP contribution in [0.4, 0.5) is 11.4 Å². The van der Waals surface area contributed by atoms with Gasteiger partial charge in [0.05, 0.1) is 29.3 Å².